The van der Waals surface area contributed by atoms with Gasteiger partial charge < -0.3 is 15.5 Å². The van der Waals surface area contributed by atoms with E-state index in [1.165, 1.54) is 6.20 Å². The molecule has 0 unspecified atom stereocenters. The van der Waals surface area contributed by atoms with Crippen LogP contribution in [0.2, 0.25) is 0 Å². The van der Waals surface area contributed by atoms with E-state index in [4.69, 9.17) is 5.73 Å². The number of anilines is 1. The van der Waals surface area contributed by atoms with Gasteiger partial charge in [0.2, 0.25) is 0 Å². The maximum absolute atomic E-state index is 12.6. The van der Waals surface area contributed by atoms with Gasteiger partial charge in [0.15, 0.2) is 5.13 Å². The Morgan fingerprint density at radius 3 is 2.56 bits per heavy atom. The molecule has 4 rings (SSSR count). The fraction of sp³-hybridized carbons (Fsp3) is 0.333. The molecule has 27 heavy (non-hydrogen) atoms. The number of hydrogen-bond donors (Lipinski definition) is 2. The minimum Gasteiger partial charge on any atom is -0.375 e. The number of nitrogens with two attached hydrogens (primary N) is 1. The number of carbonyl (C=O) groups excluding carboxylic acids is 3. The van der Waals surface area contributed by atoms with Gasteiger partial charge in [-0.2, -0.15) is 0 Å². The highest BCUT2D eigenvalue weighted by Gasteiger charge is 2.54. The van der Waals surface area contributed by atoms with E-state index in [1.807, 2.05) is 30.3 Å². The zero-order valence-electron chi connectivity index (χ0n) is 14.6. The first-order valence-electron chi connectivity index (χ1n) is 8.67. The van der Waals surface area contributed by atoms with Crippen molar-refractivity contribution in [1.29, 1.82) is 0 Å². The predicted octanol–water partition coefficient (Wildman–Crippen LogP) is 1.45. The first-order valence-corrected chi connectivity index (χ1v) is 9.49. The molecule has 0 bridgehead atoms. The summed E-state index contributed by atoms with van der Waals surface area (Å²) in [6.07, 6.45) is 2.27. The number of thiazole rings is 1. The second-order valence-corrected chi connectivity index (χ2v) is 7.78. The lowest BCUT2D eigenvalue weighted by molar-refractivity contribution is -0.129. The summed E-state index contributed by atoms with van der Waals surface area (Å²) in [6.45, 7) is 1.14. The number of nitrogens with one attached hydrogen (secondary N) is 1. The molecule has 1 spiro atoms. The Morgan fingerprint density at radius 2 is 1.93 bits per heavy atom. The summed E-state index contributed by atoms with van der Waals surface area (Å²) in [4.78, 5) is 45.3. The Morgan fingerprint density at radius 1 is 1.22 bits per heavy atom. The Bertz CT molecular complexity index is 889. The number of hydrogen-bond acceptors (Lipinski definition) is 6. The van der Waals surface area contributed by atoms with Crippen molar-refractivity contribution >= 4 is 34.3 Å². The highest BCUT2D eigenvalue weighted by molar-refractivity contribution is 7.17. The number of amides is 4. The molecule has 9 heteroatoms. The minimum absolute atomic E-state index is 0.140. The van der Waals surface area contributed by atoms with Gasteiger partial charge in [-0.05, 0) is 18.4 Å². The van der Waals surface area contributed by atoms with Crippen molar-refractivity contribution in [3.8, 4) is 0 Å². The molecular weight excluding hydrogens is 366 g/mol. The predicted molar refractivity (Wildman–Crippen MR) is 99.9 cm³/mol. The van der Waals surface area contributed by atoms with Gasteiger partial charge in [0.1, 0.15) is 10.4 Å². The number of piperidine rings is 1. The van der Waals surface area contributed by atoms with Gasteiger partial charge in [0.05, 0.1) is 6.20 Å². The third kappa shape index (κ3) is 3.03. The number of likely N-dealkylation sites (tertiary alicyclic amines) is 1. The zero-order chi connectivity index (χ0) is 19.0. The molecule has 140 valence electrons. The van der Waals surface area contributed by atoms with Crippen LogP contribution in [0.5, 0.6) is 0 Å². The SMILES string of the molecule is Nc1ncc(C(=O)N2CCC3(CC2)C(=O)NC(=O)N3Cc2ccccc2)s1. The van der Waals surface area contributed by atoms with Crippen molar-refractivity contribution in [1.82, 2.24) is 20.1 Å². The van der Waals surface area contributed by atoms with Crippen LogP contribution in [0, 0.1) is 0 Å². The summed E-state index contributed by atoms with van der Waals surface area (Å²) in [7, 11) is 0. The van der Waals surface area contributed by atoms with Crippen LogP contribution in [-0.4, -0.2) is 51.3 Å². The molecule has 0 atom stereocenters. The number of nitrogen functional groups attached to an aromatic ring is 1. The first-order chi connectivity index (χ1) is 13.0. The Hall–Kier alpha value is -2.94. The Kier molecular flexibility index (Phi) is 4.31. The highest BCUT2D eigenvalue weighted by Crippen LogP contribution is 2.35. The second kappa shape index (κ2) is 6.66. The van der Waals surface area contributed by atoms with E-state index in [-0.39, 0.29) is 17.8 Å². The topological polar surface area (TPSA) is 109 Å². The van der Waals surface area contributed by atoms with E-state index < -0.39 is 5.54 Å². The molecular formula is C18H19N5O3S. The summed E-state index contributed by atoms with van der Waals surface area (Å²) in [6, 6.07) is 9.19. The third-order valence-corrected chi connectivity index (χ3v) is 6.02. The van der Waals surface area contributed by atoms with E-state index in [9.17, 15) is 14.4 Å². The van der Waals surface area contributed by atoms with Crippen molar-refractivity contribution in [2.24, 2.45) is 0 Å². The molecule has 0 saturated carbocycles. The lowest BCUT2D eigenvalue weighted by Crippen LogP contribution is -2.57. The molecule has 0 aliphatic carbocycles. The Balaban J connectivity index is 1.51. The molecule has 1 aromatic carbocycles. The van der Waals surface area contributed by atoms with Crippen molar-refractivity contribution in [2.75, 3.05) is 18.8 Å². The number of rotatable bonds is 3. The van der Waals surface area contributed by atoms with Gasteiger partial charge in [-0.25, -0.2) is 9.78 Å². The molecule has 2 aliphatic rings. The molecule has 4 amide bonds. The monoisotopic (exact) mass is 385 g/mol. The normalized spacial score (nSPS) is 18.8. The average molecular weight is 385 g/mol. The number of urea groups is 1. The summed E-state index contributed by atoms with van der Waals surface area (Å²) < 4.78 is 0. The smallest absolute Gasteiger partial charge is 0.325 e. The molecule has 2 aliphatic heterocycles. The number of aromatic nitrogens is 1. The lowest BCUT2D eigenvalue weighted by atomic mass is 9.85. The van der Waals surface area contributed by atoms with Crippen LogP contribution >= 0.6 is 11.3 Å². The number of carbonyl (C=O) groups is 3. The summed E-state index contributed by atoms with van der Waals surface area (Å²) in [5, 5.41) is 2.80. The molecule has 2 aromatic rings. The van der Waals surface area contributed by atoms with Gasteiger partial charge in [0.25, 0.3) is 11.8 Å². The number of nitrogens with zero attached hydrogens (tertiary/aromatic N) is 3. The van der Waals surface area contributed by atoms with E-state index in [1.54, 1.807) is 9.80 Å². The van der Waals surface area contributed by atoms with Gasteiger partial charge in [-0.15, -0.1) is 0 Å². The molecule has 1 aromatic heterocycles. The zero-order valence-corrected chi connectivity index (χ0v) is 15.4. The van der Waals surface area contributed by atoms with E-state index in [2.05, 4.69) is 10.3 Å². The van der Waals surface area contributed by atoms with Crippen molar-refractivity contribution in [2.45, 2.75) is 24.9 Å². The average Bonchev–Trinajstić information content (AvgIpc) is 3.20. The Labute approximate surface area is 160 Å². The van der Waals surface area contributed by atoms with Crippen LogP contribution in [0.15, 0.2) is 36.5 Å². The van der Waals surface area contributed by atoms with E-state index in [0.717, 1.165) is 16.9 Å². The fourth-order valence-electron chi connectivity index (χ4n) is 3.71. The van der Waals surface area contributed by atoms with Crippen LogP contribution in [0.4, 0.5) is 9.93 Å². The quantitative estimate of drug-likeness (QED) is 0.778. The number of imide groups is 1. The van der Waals surface area contributed by atoms with Crippen LogP contribution in [0.1, 0.15) is 28.1 Å². The van der Waals surface area contributed by atoms with Crippen molar-refractivity contribution in [3.05, 3.63) is 47.0 Å². The van der Waals surface area contributed by atoms with Crippen molar-refractivity contribution in [3.63, 3.8) is 0 Å². The molecule has 2 fully saturated rings. The molecule has 3 heterocycles. The molecule has 0 radical (unpaired) electrons. The minimum atomic E-state index is -0.906. The van der Waals surface area contributed by atoms with Gasteiger partial charge in [-0.3, -0.25) is 14.9 Å². The van der Waals surface area contributed by atoms with E-state index in [0.29, 0.717) is 42.5 Å². The first kappa shape index (κ1) is 17.5. The largest absolute Gasteiger partial charge is 0.375 e. The van der Waals surface area contributed by atoms with E-state index >= 15 is 0 Å². The molecule has 8 nitrogen and oxygen atoms in total. The van der Waals surface area contributed by atoms with Crippen LogP contribution < -0.4 is 11.1 Å². The van der Waals surface area contributed by atoms with Gasteiger partial charge in [-0.1, -0.05) is 41.7 Å². The van der Waals surface area contributed by atoms with Crippen LogP contribution in [-0.2, 0) is 11.3 Å². The van der Waals surface area contributed by atoms with Gasteiger partial charge in [0, 0.05) is 19.6 Å². The second-order valence-electron chi connectivity index (χ2n) is 6.72. The third-order valence-electron chi connectivity index (χ3n) is 5.20. The van der Waals surface area contributed by atoms with Crippen LogP contribution in [0.3, 0.4) is 0 Å². The maximum Gasteiger partial charge on any atom is 0.325 e. The maximum atomic E-state index is 12.6. The fourth-order valence-corrected chi connectivity index (χ4v) is 4.36. The molecule has 3 N–H and O–H groups in total. The summed E-state index contributed by atoms with van der Waals surface area (Å²) >= 11 is 1.15. The van der Waals surface area contributed by atoms with Crippen molar-refractivity contribution < 1.29 is 14.4 Å². The standard InChI is InChI=1S/C18H19N5O3S/c19-16-20-10-13(27-16)14(24)22-8-6-18(7-9-22)15(25)21-17(26)23(18)11-12-4-2-1-3-5-12/h1-5,10H,6-9,11H2,(H2,19,20)(H,21,25,26). The van der Waals surface area contributed by atoms with Crippen LogP contribution in [0.25, 0.3) is 0 Å². The summed E-state index contributed by atoms with van der Waals surface area (Å²) in [5.41, 5.74) is 5.66. The highest BCUT2D eigenvalue weighted by atomic mass is 32.1. The molecule has 2 saturated heterocycles. The summed E-state index contributed by atoms with van der Waals surface area (Å²) in [5.74, 6) is -0.420. The van der Waals surface area contributed by atoms with Gasteiger partial charge >= 0.3 is 6.03 Å². The lowest BCUT2D eigenvalue weighted by Gasteiger charge is -2.42. The number of benzene rings is 1.